The second kappa shape index (κ2) is 8.79. The van der Waals surface area contributed by atoms with E-state index in [2.05, 4.69) is 10.3 Å². The quantitative estimate of drug-likeness (QED) is 0.492. The Hall–Kier alpha value is -4.00. The Bertz CT molecular complexity index is 1340. The molecule has 2 aromatic heterocycles. The van der Waals surface area contributed by atoms with Gasteiger partial charge in [-0.15, -0.1) is 0 Å². The molecule has 7 heteroatoms. The van der Waals surface area contributed by atoms with Crippen LogP contribution in [0.4, 0.5) is 0 Å². The molecule has 0 radical (unpaired) electrons. The number of amides is 1. The number of para-hydroxylation sites is 2. The monoisotopic (exact) mass is 414 g/mol. The van der Waals surface area contributed by atoms with Crippen molar-refractivity contribution < 1.29 is 4.79 Å². The van der Waals surface area contributed by atoms with Crippen LogP contribution < -0.4 is 16.4 Å². The number of nitrogens with zero attached hydrogens (tertiary/aromatic N) is 3. The normalized spacial score (nSPS) is 10.9. The van der Waals surface area contributed by atoms with Gasteiger partial charge in [-0.05, 0) is 48.4 Å². The summed E-state index contributed by atoms with van der Waals surface area (Å²) in [6.07, 6.45) is 3.39. The SMILES string of the molecule is CCn1c(=O)c(=O)n(Cc2ccc(C(=O)NCc3cccnc3)cc2)c2ccccc21. The van der Waals surface area contributed by atoms with Crippen molar-refractivity contribution in [2.24, 2.45) is 0 Å². The van der Waals surface area contributed by atoms with E-state index < -0.39 is 11.1 Å². The molecular formula is C24H22N4O3. The molecule has 0 aliphatic heterocycles. The maximum atomic E-state index is 12.7. The molecule has 0 saturated carbocycles. The van der Waals surface area contributed by atoms with Crippen LogP contribution in [0.5, 0.6) is 0 Å². The molecule has 0 atom stereocenters. The van der Waals surface area contributed by atoms with Gasteiger partial charge in [0.05, 0.1) is 17.6 Å². The molecule has 4 aromatic rings. The minimum atomic E-state index is -0.557. The van der Waals surface area contributed by atoms with Gasteiger partial charge in [0.2, 0.25) is 0 Å². The lowest BCUT2D eigenvalue weighted by Crippen LogP contribution is -2.41. The fraction of sp³-hybridized carbons (Fsp3) is 0.167. The number of rotatable bonds is 6. The molecule has 7 nitrogen and oxygen atoms in total. The number of benzene rings is 2. The van der Waals surface area contributed by atoms with Crippen molar-refractivity contribution in [3.8, 4) is 0 Å². The van der Waals surface area contributed by atoms with E-state index in [0.29, 0.717) is 24.2 Å². The molecule has 0 saturated heterocycles. The summed E-state index contributed by atoms with van der Waals surface area (Å²) in [6, 6.07) is 18.1. The zero-order chi connectivity index (χ0) is 21.8. The van der Waals surface area contributed by atoms with Crippen LogP contribution in [0.1, 0.15) is 28.4 Å². The van der Waals surface area contributed by atoms with Crippen molar-refractivity contribution in [3.05, 3.63) is 110 Å². The molecule has 0 aliphatic carbocycles. The van der Waals surface area contributed by atoms with E-state index in [1.54, 1.807) is 36.7 Å². The minimum Gasteiger partial charge on any atom is -0.348 e. The first-order chi connectivity index (χ1) is 15.1. The van der Waals surface area contributed by atoms with Gasteiger partial charge in [-0.25, -0.2) is 0 Å². The fourth-order valence-corrected chi connectivity index (χ4v) is 3.57. The molecule has 0 unspecified atom stereocenters. The summed E-state index contributed by atoms with van der Waals surface area (Å²) in [4.78, 5) is 41.7. The van der Waals surface area contributed by atoms with E-state index >= 15 is 0 Å². The van der Waals surface area contributed by atoms with E-state index in [4.69, 9.17) is 0 Å². The molecule has 0 aliphatic rings. The number of carbonyl (C=O) groups is 1. The number of hydrogen-bond donors (Lipinski definition) is 1. The van der Waals surface area contributed by atoms with E-state index in [1.165, 1.54) is 9.13 Å². The van der Waals surface area contributed by atoms with Crippen molar-refractivity contribution >= 4 is 16.9 Å². The molecule has 0 spiro atoms. The fourth-order valence-electron chi connectivity index (χ4n) is 3.57. The van der Waals surface area contributed by atoms with Crippen LogP contribution in [-0.4, -0.2) is 20.0 Å². The van der Waals surface area contributed by atoms with Gasteiger partial charge in [-0.2, -0.15) is 0 Å². The molecule has 1 amide bonds. The van der Waals surface area contributed by atoms with Crippen LogP contribution in [0.25, 0.3) is 11.0 Å². The van der Waals surface area contributed by atoms with E-state index in [1.807, 2.05) is 43.3 Å². The molecule has 1 N–H and O–H groups in total. The highest BCUT2D eigenvalue weighted by Crippen LogP contribution is 2.13. The lowest BCUT2D eigenvalue weighted by Gasteiger charge is -2.14. The average Bonchev–Trinajstić information content (AvgIpc) is 2.82. The Balaban J connectivity index is 1.57. The zero-order valence-corrected chi connectivity index (χ0v) is 17.1. The molecular weight excluding hydrogens is 392 g/mol. The predicted octanol–water partition coefficient (Wildman–Crippen LogP) is 2.56. The summed E-state index contributed by atoms with van der Waals surface area (Å²) < 4.78 is 2.98. The molecule has 4 rings (SSSR count). The Labute approximate surface area is 178 Å². The smallest absolute Gasteiger partial charge is 0.317 e. The van der Waals surface area contributed by atoms with E-state index in [0.717, 1.165) is 16.6 Å². The first-order valence-electron chi connectivity index (χ1n) is 10.1. The second-order valence-electron chi connectivity index (χ2n) is 7.17. The van der Waals surface area contributed by atoms with Gasteiger partial charge in [0.25, 0.3) is 5.91 Å². The van der Waals surface area contributed by atoms with Crippen molar-refractivity contribution in [1.29, 1.82) is 0 Å². The maximum Gasteiger partial charge on any atom is 0.317 e. The third kappa shape index (κ3) is 4.16. The Morgan fingerprint density at radius 3 is 2.19 bits per heavy atom. The van der Waals surface area contributed by atoms with Crippen molar-refractivity contribution in [2.75, 3.05) is 0 Å². The van der Waals surface area contributed by atoms with Crippen molar-refractivity contribution in [2.45, 2.75) is 26.6 Å². The number of aromatic nitrogens is 3. The summed E-state index contributed by atoms with van der Waals surface area (Å²) in [5.41, 5.74) is 2.59. The Kier molecular flexibility index (Phi) is 5.75. The predicted molar refractivity (Wildman–Crippen MR) is 119 cm³/mol. The average molecular weight is 414 g/mol. The summed E-state index contributed by atoms with van der Waals surface area (Å²) in [5.74, 6) is -0.191. The van der Waals surface area contributed by atoms with Crippen LogP contribution in [0.2, 0.25) is 0 Å². The molecule has 2 aromatic carbocycles. The van der Waals surface area contributed by atoms with Crippen LogP contribution in [0.15, 0.2) is 82.6 Å². The van der Waals surface area contributed by atoms with Gasteiger partial charge >= 0.3 is 11.1 Å². The van der Waals surface area contributed by atoms with E-state index in [-0.39, 0.29) is 12.5 Å². The summed E-state index contributed by atoms with van der Waals surface area (Å²) >= 11 is 0. The summed E-state index contributed by atoms with van der Waals surface area (Å²) in [5, 5.41) is 2.86. The lowest BCUT2D eigenvalue weighted by molar-refractivity contribution is 0.0951. The van der Waals surface area contributed by atoms with Gasteiger partial charge in [0, 0.05) is 31.0 Å². The largest absolute Gasteiger partial charge is 0.348 e. The van der Waals surface area contributed by atoms with Gasteiger partial charge in [0.15, 0.2) is 0 Å². The third-order valence-electron chi connectivity index (χ3n) is 5.19. The highest BCUT2D eigenvalue weighted by atomic mass is 16.2. The number of carbonyl (C=O) groups excluding carboxylic acids is 1. The molecule has 0 fully saturated rings. The van der Waals surface area contributed by atoms with Gasteiger partial charge in [-0.1, -0.05) is 30.3 Å². The number of pyridine rings is 1. The lowest BCUT2D eigenvalue weighted by atomic mass is 10.1. The van der Waals surface area contributed by atoms with Crippen LogP contribution in [0, 0.1) is 0 Å². The van der Waals surface area contributed by atoms with Gasteiger partial charge in [-0.3, -0.25) is 23.9 Å². The molecule has 156 valence electrons. The van der Waals surface area contributed by atoms with Crippen LogP contribution in [0.3, 0.4) is 0 Å². The first-order valence-corrected chi connectivity index (χ1v) is 10.1. The maximum absolute atomic E-state index is 12.7. The molecule has 31 heavy (non-hydrogen) atoms. The van der Waals surface area contributed by atoms with Crippen LogP contribution >= 0.6 is 0 Å². The highest BCUT2D eigenvalue weighted by molar-refractivity contribution is 5.94. The summed E-state index contributed by atoms with van der Waals surface area (Å²) in [7, 11) is 0. The summed E-state index contributed by atoms with van der Waals surface area (Å²) in [6.45, 7) is 2.91. The second-order valence-corrected chi connectivity index (χ2v) is 7.17. The minimum absolute atomic E-state index is 0.191. The Morgan fingerprint density at radius 2 is 1.55 bits per heavy atom. The number of hydrogen-bond acceptors (Lipinski definition) is 4. The van der Waals surface area contributed by atoms with Crippen molar-refractivity contribution in [1.82, 2.24) is 19.4 Å². The Morgan fingerprint density at radius 1 is 0.871 bits per heavy atom. The van der Waals surface area contributed by atoms with Gasteiger partial charge < -0.3 is 9.88 Å². The number of nitrogens with one attached hydrogen (secondary N) is 1. The highest BCUT2D eigenvalue weighted by Gasteiger charge is 2.12. The van der Waals surface area contributed by atoms with Gasteiger partial charge in [0.1, 0.15) is 0 Å². The number of aryl methyl sites for hydroxylation is 1. The van der Waals surface area contributed by atoms with Crippen molar-refractivity contribution in [3.63, 3.8) is 0 Å². The standard InChI is InChI=1S/C24H22N4O3/c1-2-27-20-7-3-4-8-21(20)28(24(31)23(27)30)16-17-9-11-19(12-10-17)22(29)26-15-18-6-5-13-25-14-18/h3-14H,2,15-16H2,1H3,(H,26,29). The zero-order valence-electron chi connectivity index (χ0n) is 17.1. The third-order valence-corrected chi connectivity index (χ3v) is 5.19. The topological polar surface area (TPSA) is 86.0 Å². The van der Waals surface area contributed by atoms with Crippen LogP contribution in [-0.2, 0) is 19.6 Å². The van der Waals surface area contributed by atoms with E-state index in [9.17, 15) is 14.4 Å². The molecule has 2 heterocycles. The number of fused-ring (bicyclic) bond motifs is 1. The molecule has 0 bridgehead atoms. The first kappa shape index (κ1) is 20.3.